The van der Waals surface area contributed by atoms with E-state index < -0.39 is 0 Å². The fourth-order valence-electron chi connectivity index (χ4n) is 3.29. The molecule has 6 nitrogen and oxygen atoms in total. The van der Waals surface area contributed by atoms with Crippen LogP contribution in [0.15, 0.2) is 59.2 Å². The van der Waals surface area contributed by atoms with Crippen LogP contribution >= 0.6 is 23.2 Å². The normalized spacial score (nSPS) is 12.3. The second-order valence-electron chi connectivity index (χ2n) is 7.93. The lowest BCUT2D eigenvalue weighted by Crippen LogP contribution is -2.31. The summed E-state index contributed by atoms with van der Waals surface area (Å²) >= 11 is 12.3. The lowest BCUT2D eigenvalue weighted by Gasteiger charge is -2.28. The van der Waals surface area contributed by atoms with E-state index in [-0.39, 0.29) is 17.6 Å². The zero-order chi connectivity index (χ0) is 23.1. The molecule has 8 heteroatoms. The van der Waals surface area contributed by atoms with Gasteiger partial charge in [0.1, 0.15) is 6.26 Å². The molecular formula is C24H28Cl2N4O2. The molecule has 1 heterocycles. The van der Waals surface area contributed by atoms with Crippen LogP contribution in [-0.4, -0.2) is 47.9 Å². The van der Waals surface area contributed by atoms with Crippen LogP contribution in [0.5, 0.6) is 0 Å². The van der Waals surface area contributed by atoms with Crippen LogP contribution < -0.4 is 5.32 Å². The molecule has 0 fully saturated rings. The Kier molecular flexibility index (Phi) is 8.70. The average molecular weight is 475 g/mol. The number of amides is 1. The Bertz CT molecular complexity index is 1020. The highest BCUT2D eigenvalue weighted by Crippen LogP contribution is 2.27. The first-order valence-corrected chi connectivity index (χ1v) is 11.2. The van der Waals surface area contributed by atoms with E-state index in [9.17, 15) is 4.79 Å². The Hall–Kier alpha value is -2.38. The minimum absolute atomic E-state index is 0.0786. The van der Waals surface area contributed by atoms with Crippen molar-refractivity contribution in [1.29, 1.82) is 0 Å². The highest BCUT2D eigenvalue weighted by Gasteiger charge is 2.20. The Morgan fingerprint density at radius 1 is 1.09 bits per heavy atom. The summed E-state index contributed by atoms with van der Waals surface area (Å²) in [5, 5.41) is 3.89. The number of benzene rings is 2. The van der Waals surface area contributed by atoms with Crippen LogP contribution in [0.2, 0.25) is 10.0 Å². The second kappa shape index (κ2) is 11.5. The molecule has 0 aliphatic carbocycles. The van der Waals surface area contributed by atoms with Gasteiger partial charge in [-0.15, -0.1) is 0 Å². The van der Waals surface area contributed by atoms with Crippen molar-refractivity contribution in [1.82, 2.24) is 20.1 Å². The molecule has 32 heavy (non-hydrogen) atoms. The first-order chi connectivity index (χ1) is 15.3. The highest BCUT2D eigenvalue weighted by atomic mass is 35.5. The standard InChI is InChI=1S/C24H28Cl2N4O2/c1-17(19-7-5-4-6-8-19)30(14-18-9-10-20(25)21(26)13-18)15-23-28-22(16-32-23)24(31)27-11-12-29(2)3/h4-10,13,16-17H,11-12,14-15H2,1-3H3,(H,27,31)/t17-/m1/s1. The van der Waals surface area contributed by atoms with E-state index in [1.807, 2.05) is 49.3 Å². The maximum Gasteiger partial charge on any atom is 0.273 e. The van der Waals surface area contributed by atoms with Crippen LogP contribution in [0.4, 0.5) is 0 Å². The maximum absolute atomic E-state index is 12.3. The molecule has 0 radical (unpaired) electrons. The van der Waals surface area contributed by atoms with E-state index in [0.717, 1.165) is 12.1 Å². The van der Waals surface area contributed by atoms with E-state index in [4.69, 9.17) is 27.6 Å². The number of likely N-dealkylation sites (N-methyl/N-ethyl adjacent to an activating group) is 1. The van der Waals surface area contributed by atoms with Gasteiger partial charge in [-0.1, -0.05) is 59.6 Å². The largest absolute Gasteiger partial charge is 0.447 e. The number of aromatic nitrogens is 1. The molecule has 0 saturated carbocycles. The summed E-state index contributed by atoms with van der Waals surface area (Å²) in [5.74, 6) is 0.236. The van der Waals surface area contributed by atoms with Gasteiger partial charge in [0.2, 0.25) is 5.89 Å². The maximum atomic E-state index is 12.3. The fraction of sp³-hybridized carbons (Fsp3) is 0.333. The Balaban J connectivity index is 1.76. The number of hydrogen-bond donors (Lipinski definition) is 1. The summed E-state index contributed by atoms with van der Waals surface area (Å²) in [6.45, 7) is 4.47. The van der Waals surface area contributed by atoms with Crippen LogP contribution in [0.3, 0.4) is 0 Å². The zero-order valence-electron chi connectivity index (χ0n) is 18.5. The molecule has 3 rings (SSSR count). The molecule has 3 aromatic rings. The van der Waals surface area contributed by atoms with E-state index in [0.29, 0.717) is 35.6 Å². The summed E-state index contributed by atoms with van der Waals surface area (Å²) in [7, 11) is 3.91. The molecule has 0 aliphatic rings. The van der Waals surface area contributed by atoms with Crippen LogP contribution in [0.25, 0.3) is 0 Å². The highest BCUT2D eigenvalue weighted by molar-refractivity contribution is 6.42. The number of rotatable bonds is 10. The number of nitrogens with one attached hydrogen (secondary N) is 1. The molecule has 0 saturated heterocycles. The first-order valence-electron chi connectivity index (χ1n) is 10.4. The molecule has 1 amide bonds. The summed E-state index contributed by atoms with van der Waals surface area (Å²) in [4.78, 5) is 21.0. The molecule has 0 bridgehead atoms. The van der Waals surface area contributed by atoms with Gasteiger partial charge < -0.3 is 14.6 Å². The van der Waals surface area contributed by atoms with Gasteiger partial charge in [0, 0.05) is 25.7 Å². The van der Waals surface area contributed by atoms with Gasteiger partial charge in [-0.05, 0) is 44.3 Å². The predicted molar refractivity (Wildman–Crippen MR) is 128 cm³/mol. The van der Waals surface area contributed by atoms with Gasteiger partial charge in [-0.3, -0.25) is 9.69 Å². The number of carbonyl (C=O) groups is 1. The third-order valence-electron chi connectivity index (χ3n) is 5.17. The minimum Gasteiger partial charge on any atom is -0.447 e. The van der Waals surface area contributed by atoms with Crippen LogP contribution in [-0.2, 0) is 13.1 Å². The molecule has 1 atom stereocenters. The molecule has 2 aromatic carbocycles. The van der Waals surface area contributed by atoms with Crippen molar-refractivity contribution >= 4 is 29.1 Å². The van der Waals surface area contributed by atoms with E-state index >= 15 is 0 Å². The van der Waals surface area contributed by atoms with Crippen molar-refractivity contribution in [3.63, 3.8) is 0 Å². The number of carbonyl (C=O) groups excluding carboxylic acids is 1. The topological polar surface area (TPSA) is 61.6 Å². The molecule has 0 unspecified atom stereocenters. The number of oxazole rings is 1. The minimum atomic E-state index is -0.242. The second-order valence-corrected chi connectivity index (χ2v) is 8.74. The van der Waals surface area contributed by atoms with Gasteiger partial charge in [0.25, 0.3) is 5.91 Å². The molecule has 170 valence electrons. The lowest BCUT2D eigenvalue weighted by atomic mass is 10.1. The average Bonchev–Trinajstić information content (AvgIpc) is 3.24. The molecular weight excluding hydrogens is 447 g/mol. The number of nitrogens with zero attached hydrogens (tertiary/aromatic N) is 3. The van der Waals surface area contributed by atoms with Crippen molar-refractivity contribution in [2.24, 2.45) is 0 Å². The number of hydrogen-bond acceptors (Lipinski definition) is 5. The summed E-state index contributed by atoms with van der Waals surface area (Å²) in [5.41, 5.74) is 2.47. The molecule has 1 aromatic heterocycles. The van der Waals surface area contributed by atoms with E-state index in [2.05, 4.69) is 34.3 Å². The SMILES string of the molecule is C[C@H](c1ccccc1)N(Cc1ccc(Cl)c(Cl)c1)Cc1nc(C(=O)NCCN(C)C)co1. The Morgan fingerprint density at radius 3 is 2.53 bits per heavy atom. The van der Waals surface area contributed by atoms with Crippen molar-refractivity contribution in [3.8, 4) is 0 Å². The number of halogens is 2. The zero-order valence-corrected chi connectivity index (χ0v) is 20.0. The van der Waals surface area contributed by atoms with Crippen molar-refractivity contribution in [3.05, 3.63) is 87.6 Å². The third kappa shape index (κ3) is 6.81. The monoisotopic (exact) mass is 474 g/mol. The molecule has 0 spiro atoms. The lowest BCUT2D eigenvalue weighted by molar-refractivity contribution is 0.0946. The van der Waals surface area contributed by atoms with Gasteiger partial charge in [0.05, 0.1) is 16.6 Å². The third-order valence-corrected chi connectivity index (χ3v) is 5.91. The van der Waals surface area contributed by atoms with Crippen molar-refractivity contribution < 1.29 is 9.21 Å². The predicted octanol–water partition coefficient (Wildman–Crippen LogP) is 5.04. The summed E-state index contributed by atoms with van der Waals surface area (Å²) in [6.07, 6.45) is 1.41. The van der Waals surface area contributed by atoms with E-state index in [1.165, 1.54) is 11.8 Å². The van der Waals surface area contributed by atoms with Crippen molar-refractivity contribution in [2.45, 2.75) is 26.1 Å². The fourth-order valence-corrected chi connectivity index (χ4v) is 3.61. The Labute approximate surface area is 199 Å². The molecule has 0 aliphatic heterocycles. The summed E-state index contributed by atoms with van der Waals surface area (Å²) < 4.78 is 5.64. The van der Waals surface area contributed by atoms with E-state index in [1.54, 1.807) is 6.07 Å². The van der Waals surface area contributed by atoms with Crippen LogP contribution in [0.1, 0.15) is 40.5 Å². The van der Waals surface area contributed by atoms with Gasteiger partial charge in [-0.25, -0.2) is 4.98 Å². The first kappa shape index (κ1) is 24.3. The van der Waals surface area contributed by atoms with Gasteiger partial charge in [0.15, 0.2) is 5.69 Å². The van der Waals surface area contributed by atoms with Crippen molar-refractivity contribution in [2.75, 3.05) is 27.2 Å². The van der Waals surface area contributed by atoms with Crippen LogP contribution in [0, 0.1) is 0 Å². The smallest absolute Gasteiger partial charge is 0.273 e. The summed E-state index contributed by atoms with van der Waals surface area (Å²) in [6, 6.07) is 15.9. The molecule has 1 N–H and O–H groups in total. The van der Waals surface area contributed by atoms with Gasteiger partial charge >= 0.3 is 0 Å². The Morgan fingerprint density at radius 2 is 1.84 bits per heavy atom. The quantitative estimate of drug-likeness (QED) is 0.446. The van der Waals surface area contributed by atoms with Gasteiger partial charge in [-0.2, -0.15) is 0 Å².